The largest absolute Gasteiger partial charge is 0.369 e. The summed E-state index contributed by atoms with van der Waals surface area (Å²) in [4.78, 5) is 23.0. The molecule has 0 heterocycles. The van der Waals surface area contributed by atoms with Crippen LogP contribution in [0.1, 0.15) is 37.0 Å². The highest BCUT2D eigenvalue weighted by atomic mass is 35.5. The van der Waals surface area contributed by atoms with Gasteiger partial charge in [-0.25, -0.2) is 0 Å². The molecule has 1 aromatic carbocycles. The Morgan fingerprint density at radius 1 is 1.45 bits per heavy atom. The van der Waals surface area contributed by atoms with Crippen LogP contribution < -0.4 is 11.1 Å². The van der Waals surface area contributed by atoms with E-state index in [1.54, 1.807) is 6.92 Å². The Morgan fingerprint density at radius 3 is 2.75 bits per heavy atom. The SMILES string of the molecule is CCCCOC(C)C(=O)Nc1cc(C(N)=O)ccc1Cl. The van der Waals surface area contributed by atoms with Crippen molar-refractivity contribution in [2.24, 2.45) is 5.73 Å². The van der Waals surface area contributed by atoms with E-state index in [1.807, 2.05) is 6.92 Å². The summed E-state index contributed by atoms with van der Waals surface area (Å²) in [6.07, 6.45) is 1.31. The molecule has 110 valence electrons. The Hall–Kier alpha value is -1.59. The lowest BCUT2D eigenvalue weighted by atomic mass is 10.2. The van der Waals surface area contributed by atoms with E-state index < -0.39 is 12.0 Å². The molecule has 0 saturated carbocycles. The standard InChI is InChI=1S/C14H19ClN2O3/c1-3-4-7-20-9(2)14(19)17-12-8-10(13(16)18)5-6-11(12)15/h5-6,8-9H,3-4,7H2,1-2H3,(H2,16,18)(H,17,19). The van der Waals surface area contributed by atoms with Gasteiger partial charge in [0.1, 0.15) is 6.10 Å². The molecule has 0 aliphatic carbocycles. The molecule has 1 unspecified atom stereocenters. The summed E-state index contributed by atoms with van der Waals surface area (Å²) in [7, 11) is 0. The Kier molecular flexibility index (Phi) is 6.48. The normalized spacial score (nSPS) is 11.9. The Bertz CT molecular complexity index is 491. The van der Waals surface area contributed by atoms with E-state index in [2.05, 4.69) is 5.32 Å². The Morgan fingerprint density at radius 2 is 2.15 bits per heavy atom. The van der Waals surface area contributed by atoms with E-state index in [-0.39, 0.29) is 11.5 Å². The van der Waals surface area contributed by atoms with Crippen LogP contribution in [0.4, 0.5) is 5.69 Å². The molecule has 0 fully saturated rings. The third kappa shape index (κ3) is 4.83. The van der Waals surface area contributed by atoms with E-state index in [4.69, 9.17) is 22.1 Å². The van der Waals surface area contributed by atoms with Gasteiger partial charge >= 0.3 is 0 Å². The average Bonchev–Trinajstić information content (AvgIpc) is 2.41. The van der Waals surface area contributed by atoms with Crippen molar-refractivity contribution in [2.45, 2.75) is 32.8 Å². The average molecular weight is 299 g/mol. The highest BCUT2D eigenvalue weighted by Gasteiger charge is 2.15. The Balaban J connectivity index is 2.69. The van der Waals surface area contributed by atoms with Crippen molar-refractivity contribution < 1.29 is 14.3 Å². The number of halogens is 1. The molecular weight excluding hydrogens is 280 g/mol. The molecule has 1 rings (SSSR count). The fraction of sp³-hybridized carbons (Fsp3) is 0.429. The second-order valence-electron chi connectivity index (χ2n) is 4.41. The molecule has 0 spiro atoms. The first-order valence-corrected chi connectivity index (χ1v) is 6.85. The van der Waals surface area contributed by atoms with Gasteiger partial charge in [0.25, 0.3) is 5.91 Å². The maximum absolute atomic E-state index is 11.9. The van der Waals surface area contributed by atoms with E-state index >= 15 is 0 Å². The van der Waals surface area contributed by atoms with E-state index in [9.17, 15) is 9.59 Å². The van der Waals surface area contributed by atoms with Crippen LogP contribution in [0.3, 0.4) is 0 Å². The molecular formula is C14H19ClN2O3. The van der Waals surface area contributed by atoms with Crippen LogP contribution in [0.2, 0.25) is 5.02 Å². The fourth-order valence-corrected chi connectivity index (χ4v) is 1.65. The van der Waals surface area contributed by atoms with Crippen LogP contribution in [-0.4, -0.2) is 24.5 Å². The Labute approximate surface area is 123 Å². The maximum atomic E-state index is 11.9. The van der Waals surface area contributed by atoms with Gasteiger partial charge in [0.15, 0.2) is 0 Å². The number of hydrogen-bond donors (Lipinski definition) is 2. The first-order valence-electron chi connectivity index (χ1n) is 6.47. The zero-order chi connectivity index (χ0) is 15.1. The van der Waals surface area contributed by atoms with Gasteiger partial charge in [-0.3, -0.25) is 9.59 Å². The summed E-state index contributed by atoms with van der Waals surface area (Å²) in [6.45, 7) is 4.24. The highest BCUT2D eigenvalue weighted by Crippen LogP contribution is 2.23. The number of amides is 2. The number of nitrogens with two attached hydrogens (primary N) is 1. The smallest absolute Gasteiger partial charge is 0.253 e. The molecule has 0 bridgehead atoms. The number of carbonyl (C=O) groups excluding carboxylic acids is 2. The number of anilines is 1. The predicted octanol–water partition coefficient (Wildman–Crippen LogP) is 2.58. The molecule has 0 saturated heterocycles. The van der Waals surface area contributed by atoms with Gasteiger partial charge in [0.2, 0.25) is 5.91 Å². The third-order valence-corrected chi connectivity index (χ3v) is 3.07. The van der Waals surface area contributed by atoms with Gasteiger partial charge < -0.3 is 15.8 Å². The number of primary amides is 1. The monoisotopic (exact) mass is 298 g/mol. The number of ether oxygens (including phenoxy) is 1. The van der Waals surface area contributed by atoms with Gasteiger partial charge in [-0.05, 0) is 31.5 Å². The first kappa shape index (κ1) is 16.5. The van der Waals surface area contributed by atoms with Crippen LogP contribution in [0.15, 0.2) is 18.2 Å². The van der Waals surface area contributed by atoms with Gasteiger partial charge in [0, 0.05) is 12.2 Å². The lowest BCUT2D eigenvalue weighted by Crippen LogP contribution is -2.28. The summed E-state index contributed by atoms with van der Waals surface area (Å²) in [6, 6.07) is 4.46. The molecule has 6 heteroatoms. The topological polar surface area (TPSA) is 81.4 Å². The van der Waals surface area contributed by atoms with Crippen LogP contribution in [0, 0.1) is 0 Å². The number of benzene rings is 1. The van der Waals surface area contributed by atoms with Crippen molar-refractivity contribution >= 4 is 29.1 Å². The van der Waals surface area contributed by atoms with Crippen LogP contribution in [0.25, 0.3) is 0 Å². The lowest BCUT2D eigenvalue weighted by Gasteiger charge is -2.14. The highest BCUT2D eigenvalue weighted by molar-refractivity contribution is 6.34. The zero-order valence-corrected chi connectivity index (χ0v) is 12.4. The van der Waals surface area contributed by atoms with Gasteiger partial charge in [0.05, 0.1) is 10.7 Å². The molecule has 1 atom stereocenters. The van der Waals surface area contributed by atoms with Gasteiger partial charge in [-0.15, -0.1) is 0 Å². The molecule has 20 heavy (non-hydrogen) atoms. The van der Waals surface area contributed by atoms with E-state index in [0.717, 1.165) is 12.8 Å². The van der Waals surface area contributed by atoms with Gasteiger partial charge in [-0.1, -0.05) is 24.9 Å². The molecule has 1 aromatic rings. The molecule has 5 nitrogen and oxygen atoms in total. The molecule has 3 N–H and O–H groups in total. The number of nitrogens with one attached hydrogen (secondary N) is 1. The number of rotatable bonds is 7. The second-order valence-corrected chi connectivity index (χ2v) is 4.82. The minimum absolute atomic E-state index is 0.282. The third-order valence-electron chi connectivity index (χ3n) is 2.74. The second kappa shape index (κ2) is 7.87. The molecule has 0 radical (unpaired) electrons. The predicted molar refractivity (Wildman–Crippen MR) is 78.9 cm³/mol. The van der Waals surface area contributed by atoms with E-state index in [0.29, 0.717) is 17.3 Å². The summed E-state index contributed by atoms with van der Waals surface area (Å²) in [5.41, 5.74) is 5.81. The lowest BCUT2D eigenvalue weighted by molar-refractivity contribution is -0.126. The summed E-state index contributed by atoms with van der Waals surface area (Å²) in [5.74, 6) is -0.894. The van der Waals surface area contributed by atoms with Crippen LogP contribution in [-0.2, 0) is 9.53 Å². The summed E-state index contributed by atoms with van der Waals surface area (Å²) >= 11 is 5.97. The van der Waals surface area contributed by atoms with Crippen molar-refractivity contribution in [3.8, 4) is 0 Å². The van der Waals surface area contributed by atoms with Crippen molar-refractivity contribution in [2.75, 3.05) is 11.9 Å². The minimum atomic E-state index is -0.588. The molecule has 0 aliphatic rings. The van der Waals surface area contributed by atoms with Gasteiger partial charge in [-0.2, -0.15) is 0 Å². The van der Waals surface area contributed by atoms with Crippen molar-refractivity contribution in [1.29, 1.82) is 0 Å². The van der Waals surface area contributed by atoms with Crippen molar-refractivity contribution in [3.63, 3.8) is 0 Å². The minimum Gasteiger partial charge on any atom is -0.369 e. The quantitative estimate of drug-likeness (QED) is 0.759. The van der Waals surface area contributed by atoms with Crippen LogP contribution >= 0.6 is 11.6 Å². The molecule has 0 aromatic heterocycles. The fourth-order valence-electron chi connectivity index (χ4n) is 1.49. The summed E-state index contributed by atoms with van der Waals surface area (Å²) in [5, 5.41) is 2.97. The van der Waals surface area contributed by atoms with Crippen molar-refractivity contribution in [3.05, 3.63) is 28.8 Å². The number of hydrogen-bond acceptors (Lipinski definition) is 3. The van der Waals surface area contributed by atoms with Crippen LogP contribution in [0.5, 0.6) is 0 Å². The first-order chi connectivity index (χ1) is 9.45. The number of unbranched alkanes of at least 4 members (excludes halogenated alkanes) is 1. The molecule has 2 amide bonds. The maximum Gasteiger partial charge on any atom is 0.253 e. The zero-order valence-electron chi connectivity index (χ0n) is 11.6. The number of carbonyl (C=O) groups is 2. The molecule has 0 aliphatic heterocycles. The van der Waals surface area contributed by atoms with E-state index in [1.165, 1.54) is 18.2 Å². The summed E-state index contributed by atoms with van der Waals surface area (Å²) < 4.78 is 5.39. The van der Waals surface area contributed by atoms with Crippen molar-refractivity contribution in [1.82, 2.24) is 0 Å².